The van der Waals surface area contributed by atoms with E-state index in [2.05, 4.69) is 5.73 Å². The third-order valence-corrected chi connectivity index (χ3v) is 3.22. The zero-order valence-electron chi connectivity index (χ0n) is 8.11. The number of carbonyl (C=O) groups excluding carboxylic acids is 1. The maximum atomic E-state index is 10.4. The molecule has 1 aromatic carbocycles. The van der Waals surface area contributed by atoms with Crippen molar-refractivity contribution in [3.05, 3.63) is 34.9 Å². The molecule has 0 aliphatic rings. The number of quaternary nitrogens is 1. The van der Waals surface area contributed by atoms with Crippen LogP contribution in [0.2, 0.25) is 5.02 Å². The molecule has 5 heteroatoms. The van der Waals surface area contributed by atoms with Gasteiger partial charge in [0.1, 0.15) is 6.04 Å². The fourth-order valence-corrected chi connectivity index (χ4v) is 2.18. The van der Waals surface area contributed by atoms with E-state index in [-0.39, 0.29) is 0 Å². The largest absolute Gasteiger partial charge is 0.544 e. The SMILES string of the molecule is [NH3+][C@@H](CSCc1cccc(Cl)c1)C(=O)[O-]. The van der Waals surface area contributed by atoms with Crippen molar-refractivity contribution in [1.82, 2.24) is 0 Å². The maximum absolute atomic E-state index is 10.4. The highest BCUT2D eigenvalue weighted by Crippen LogP contribution is 2.16. The fourth-order valence-electron chi connectivity index (χ4n) is 1.01. The second kappa shape index (κ2) is 6.00. The monoisotopic (exact) mass is 245 g/mol. The molecule has 0 amide bonds. The zero-order valence-corrected chi connectivity index (χ0v) is 9.68. The summed E-state index contributed by atoms with van der Waals surface area (Å²) in [5, 5.41) is 11.1. The number of carboxylic acids is 1. The number of benzene rings is 1. The molecule has 0 saturated carbocycles. The van der Waals surface area contributed by atoms with Gasteiger partial charge in [0.25, 0.3) is 0 Å². The number of thioether (sulfide) groups is 1. The summed E-state index contributed by atoms with van der Waals surface area (Å²) < 4.78 is 0. The number of carbonyl (C=O) groups is 1. The van der Waals surface area contributed by atoms with Crippen molar-refractivity contribution in [3.63, 3.8) is 0 Å². The molecular weight excluding hydrogens is 234 g/mol. The van der Waals surface area contributed by atoms with Gasteiger partial charge in [0.05, 0.1) is 11.7 Å². The lowest BCUT2D eigenvalue weighted by Crippen LogP contribution is -2.69. The Morgan fingerprint density at radius 3 is 2.93 bits per heavy atom. The van der Waals surface area contributed by atoms with Crippen LogP contribution in [-0.2, 0) is 10.5 Å². The predicted octanol–water partition coefficient (Wildman–Crippen LogP) is -0.0664. The van der Waals surface area contributed by atoms with E-state index in [1.807, 2.05) is 18.2 Å². The van der Waals surface area contributed by atoms with Crippen LogP contribution in [0.25, 0.3) is 0 Å². The highest BCUT2D eigenvalue weighted by atomic mass is 35.5. The Morgan fingerprint density at radius 1 is 1.60 bits per heavy atom. The average molecular weight is 246 g/mol. The van der Waals surface area contributed by atoms with Crippen LogP contribution in [0.4, 0.5) is 0 Å². The molecule has 0 saturated heterocycles. The first-order valence-corrected chi connectivity index (χ1v) is 5.99. The maximum Gasteiger partial charge on any atom is 0.134 e. The normalized spacial score (nSPS) is 12.4. The molecule has 0 aliphatic heterocycles. The van der Waals surface area contributed by atoms with E-state index in [9.17, 15) is 9.90 Å². The Balaban J connectivity index is 2.35. The predicted molar refractivity (Wildman–Crippen MR) is 59.3 cm³/mol. The van der Waals surface area contributed by atoms with E-state index < -0.39 is 12.0 Å². The van der Waals surface area contributed by atoms with Crippen molar-refractivity contribution in [1.29, 1.82) is 0 Å². The first-order valence-electron chi connectivity index (χ1n) is 4.45. The summed E-state index contributed by atoms with van der Waals surface area (Å²) in [5.41, 5.74) is 4.56. The Hall–Kier alpha value is -0.710. The van der Waals surface area contributed by atoms with Gasteiger partial charge in [-0.15, -0.1) is 0 Å². The van der Waals surface area contributed by atoms with Gasteiger partial charge < -0.3 is 15.6 Å². The molecule has 0 aliphatic carbocycles. The summed E-state index contributed by atoms with van der Waals surface area (Å²) in [6.45, 7) is 0. The highest BCUT2D eigenvalue weighted by molar-refractivity contribution is 7.98. The van der Waals surface area contributed by atoms with Crippen molar-refractivity contribution in [2.75, 3.05) is 5.75 Å². The minimum absolute atomic E-state index is 0.453. The summed E-state index contributed by atoms with van der Waals surface area (Å²) in [5.74, 6) is 0.0860. The lowest BCUT2D eigenvalue weighted by Gasteiger charge is -2.08. The number of hydrogen-bond donors (Lipinski definition) is 1. The van der Waals surface area contributed by atoms with Crippen molar-refractivity contribution in [2.24, 2.45) is 0 Å². The van der Waals surface area contributed by atoms with Crippen LogP contribution in [0.1, 0.15) is 5.56 Å². The number of rotatable bonds is 5. The van der Waals surface area contributed by atoms with Crippen LogP contribution in [0, 0.1) is 0 Å². The van der Waals surface area contributed by atoms with Crippen molar-refractivity contribution < 1.29 is 15.6 Å². The molecule has 0 heterocycles. The van der Waals surface area contributed by atoms with Crippen LogP contribution in [0.5, 0.6) is 0 Å². The number of halogens is 1. The number of carboxylic acid groups (broad SMARTS) is 1. The van der Waals surface area contributed by atoms with E-state index >= 15 is 0 Å². The minimum atomic E-state index is -1.10. The summed E-state index contributed by atoms with van der Waals surface area (Å²) in [6, 6.07) is 6.84. The smallest absolute Gasteiger partial charge is 0.134 e. The van der Waals surface area contributed by atoms with Crippen LogP contribution in [-0.4, -0.2) is 17.8 Å². The average Bonchev–Trinajstić information content (AvgIpc) is 2.17. The quantitative estimate of drug-likeness (QED) is 0.790. The number of hydrogen-bond acceptors (Lipinski definition) is 3. The molecule has 3 nitrogen and oxygen atoms in total. The lowest BCUT2D eigenvalue weighted by molar-refractivity contribution is -0.431. The Morgan fingerprint density at radius 2 is 2.33 bits per heavy atom. The van der Waals surface area contributed by atoms with Crippen molar-refractivity contribution >= 4 is 29.3 Å². The van der Waals surface area contributed by atoms with Gasteiger partial charge in [-0.2, -0.15) is 11.8 Å². The van der Waals surface area contributed by atoms with Crippen LogP contribution in [0.3, 0.4) is 0 Å². The van der Waals surface area contributed by atoms with Crippen LogP contribution >= 0.6 is 23.4 Å². The van der Waals surface area contributed by atoms with Crippen molar-refractivity contribution in [3.8, 4) is 0 Å². The van der Waals surface area contributed by atoms with Crippen LogP contribution < -0.4 is 10.8 Å². The molecule has 0 radical (unpaired) electrons. The first-order chi connectivity index (χ1) is 7.09. The number of aliphatic carboxylic acids is 1. The molecule has 1 rings (SSSR count). The molecule has 0 unspecified atom stereocenters. The molecule has 0 spiro atoms. The lowest BCUT2D eigenvalue weighted by atomic mass is 10.2. The summed E-state index contributed by atoms with van der Waals surface area (Å²) in [7, 11) is 0. The fraction of sp³-hybridized carbons (Fsp3) is 0.300. The van der Waals surface area contributed by atoms with E-state index in [4.69, 9.17) is 11.6 Å². The van der Waals surface area contributed by atoms with Gasteiger partial charge in [-0.05, 0) is 17.7 Å². The van der Waals surface area contributed by atoms with Gasteiger partial charge in [0.15, 0.2) is 0 Å². The second-order valence-corrected chi connectivity index (χ2v) is 4.63. The Kier molecular flexibility index (Phi) is 4.94. The molecule has 0 fully saturated rings. The molecule has 0 aromatic heterocycles. The standard InChI is InChI=1S/C10H12ClNO2S/c11-8-3-1-2-7(4-8)5-15-6-9(12)10(13)14/h1-4,9H,5-6,12H2,(H,13,14)/t9-/m0/s1. The van der Waals surface area contributed by atoms with Crippen LogP contribution in [0.15, 0.2) is 24.3 Å². The molecule has 1 aromatic rings. The molecule has 15 heavy (non-hydrogen) atoms. The van der Waals surface area contributed by atoms with Gasteiger partial charge in [-0.3, -0.25) is 0 Å². The second-order valence-electron chi connectivity index (χ2n) is 3.16. The highest BCUT2D eigenvalue weighted by Gasteiger charge is 2.06. The van der Waals surface area contributed by atoms with E-state index in [1.54, 1.807) is 6.07 Å². The topological polar surface area (TPSA) is 67.8 Å². The minimum Gasteiger partial charge on any atom is -0.544 e. The van der Waals surface area contributed by atoms with Gasteiger partial charge in [-0.1, -0.05) is 23.7 Å². The third-order valence-electron chi connectivity index (χ3n) is 1.81. The summed E-state index contributed by atoms with van der Waals surface area (Å²) >= 11 is 7.32. The summed E-state index contributed by atoms with van der Waals surface area (Å²) in [6.07, 6.45) is 0. The third kappa shape index (κ3) is 4.55. The Labute approximate surface area is 97.6 Å². The van der Waals surface area contributed by atoms with Gasteiger partial charge in [0.2, 0.25) is 0 Å². The molecule has 0 bridgehead atoms. The Bertz CT molecular complexity index is 346. The molecule has 1 atom stereocenters. The van der Waals surface area contributed by atoms with E-state index in [0.717, 1.165) is 11.3 Å². The molecule has 82 valence electrons. The molecule has 3 N–H and O–H groups in total. The van der Waals surface area contributed by atoms with E-state index in [0.29, 0.717) is 10.8 Å². The van der Waals surface area contributed by atoms with Gasteiger partial charge in [-0.25, -0.2) is 0 Å². The van der Waals surface area contributed by atoms with Gasteiger partial charge >= 0.3 is 0 Å². The molecular formula is C10H12ClNO2S. The first kappa shape index (κ1) is 12.4. The van der Waals surface area contributed by atoms with E-state index in [1.165, 1.54) is 11.8 Å². The van der Waals surface area contributed by atoms with Gasteiger partial charge in [0, 0.05) is 10.8 Å². The zero-order chi connectivity index (χ0) is 11.3. The summed E-state index contributed by atoms with van der Waals surface area (Å²) in [4.78, 5) is 10.4. The van der Waals surface area contributed by atoms with Crippen molar-refractivity contribution in [2.45, 2.75) is 11.8 Å².